The predicted octanol–water partition coefficient (Wildman–Crippen LogP) is 3.07. The molecule has 0 bridgehead atoms. The zero-order valence-corrected chi connectivity index (χ0v) is 16.7. The monoisotopic (exact) mass is 416 g/mol. The van der Waals surface area contributed by atoms with Crippen LogP contribution in [0.1, 0.15) is 0 Å². The highest BCUT2D eigenvalue weighted by Crippen LogP contribution is 2.26. The molecule has 4 rings (SSSR count). The van der Waals surface area contributed by atoms with Crippen LogP contribution in [-0.4, -0.2) is 67.6 Å². The van der Waals surface area contributed by atoms with Crippen molar-refractivity contribution in [1.82, 2.24) is 9.80 Å². The topological polar surface area (TPSA) is 47.1 Å². The van der Waals surface area contributed by atoms with Crippen molar-refractivity contribution >= 4 is 34.9 Å². The summed E-state index contributed by atoms with van der Waals surface area (Å²) < 4.78 is 13.1. The molecule has 0 atom stereocenters. The molecule has 0 unspecified atom stereocenters. The summed E-state index contributed by atoms with van der Waals surface area (Å²) in [5.41, 5.74) is 1.62. The van der Waals surface area contributed by atoms with E-state index >= 15 is 0 Å². The van der Waals surface area contributed by atoms with Gasteiger partial charge in [-0.15, -0.1) is 0 Å². The van der Waals surface area contributed by atoms with E-state index in [0.717, 1.165) is 5.69 Å². The normalized spacial score (nSPS) is 17.2. The molecule has 2 aromatic carbocycles. The van der Waals surface area contributed by atoms with Gasteiger partial charge in [0.1, 0.15) is 12.4 Å². The third-order valence-corrected chi connectivity index (χ3v) is 5.70. The van der Waals surface area contributed by atoms with Crippen LogP contribution in [0.25, 0.3) is 0 Å². The lowest BCUT2D eigenvalue weighted by Crippen LogP contribution is -2.51. The molecule has 3 amide bonds. The van der Waals surface area contributed by atoms with Gasteiger partial charge >= 0.3 is 6.03 Å². The quantitative estimate of drug-likeness (QED) is 0.769. The summed E-state index contributed by atoms with van der Waals surface area (Å²) in [6.07, 6.45) is 0. The Morgan fingerprint density at radius 3 is 2.31 bits per heavy atom. The van der Waals surface area contributed by atoms with Gasteiger partial charge in [-0.1, -0.05) is 23.7 Å². The maximum Gasteiger partial charge on any atom is 0.325 e. The molecule has 2 aliphatic heterocycles. The number of anilines is 2. The number of nitrogens with zero attached hydrogens (tertiary/aromatic N) is 4. The Morgan fingerprint density at radius 1 is 0.931 bits per heavy atom. The zero-order chi connectivity index (χ0) is 20.4. The van der Waals surface area contributed by atoms with E-state index in [1.807, 2.05) is 24.3 Å². The fourth-order valence-electron chi connectivity index (χ4n) is 3.76. The minimum Gasteiger partial charge on any atom is -0.367 e. The number of hydrogen-bond donors (Lipinski definition) is 0. The minimum atomic E-state index is -0.344. The predicted molar refractivity (Wildman–Crippen MR) is 111 cm³/mol. The van der Waals surface area contributed by atoms with Crippen molar-refractivity contribution in [2.45, 2.75) is 0 Å². The second kappa shape index (κ2) is 8.29. The number of piperazine rings is 1. The molecule has 0 spiro atoms. The van der Waals surface area contributed by atoms with E-state index in [0.29, 0.717) is 50.0 Å². The molecule has 6 nitrogen and oxygen atoms in total. The van der Waals surface area contributed by atoms with Crippen LogP contribution in [0.3, 0.4) is 0 Å². The summed E-state index contributed by atoms with van der Waals surface area (Å²) in [6.45, 7) is 3.60. The Kier molecular flexibility index (Phi) is 5.58. The molecule has 2 aliphatic rings. The lowest BCUT2D eigenvalue weighted by molar-refractivity contribution is -0.131. The molecular weight excluding hydrogens is 395 g/mol. The van der Waals surface area contributed by atoms with Gasteiger partial charge in [-0.05, 0) is 36.4 Å². The van der Waals surface area contributed by atoms with Gasteiger partial charge in [-0.3, -0.25) is 9.69 Å². The van der Waals surface area contributed by atoms with Crippen molar-refractivity contribution in [3.63, 3.8) is 0 Å². The number of carbonyl (C=O) groups excluding carboxylic acids is 2. The first kappa shape index (κ1) is 19.5. The van der Waals surface area contributed by atoms with Gasteiger partial charge in [-0.2, -0.15) is 0 Å². The standard InChI is InChI=1S/C21H22ClFN4O2/c22-18-3-1-2-4-19(18)24-9-11-25(12-10-24)20(28)15-26-13-14-27(21(26)29)17-7-5-16(23)6-8-17/h1-8H,9-15H2. The third kappa shape index (κ3) is 4.15. The van der Waals surface area contributed by atoms with Crippen molar-refractivity contribution in [2.24, 2.45) is 0 Å². The van der Waals surface area contributed by atoms with Crippen LogP contribution in [0, 0.1) is 5.82 Å². The first-order valence-corrected chi connectivity index (χ1v) is 10.00. The second-order valence-corrected chi connectivity index (χ2v) is 7.56. The summed E-state index contributed by atoms with van der Waals surface area (Å²) in [7, 11) is 0. The van der Waals surface area contributed by atoms with Gasteiger partial charge in [0, 0.05) is 45.0 Å². The molecule has 8 heteroatoms. The summed E-state index contributed by atoms with van der Waals surface area (Å²) in [6, 6.07) is 13.3. The maximum absolute atomic E-state index is 13.1. The largest absolute Gasteiger partial charge is 0.367 e. The molecule has 0 saturated carbocycles. The van der Waals surface area contributed by atoms with Crippen LogP contribution in [0.15, 0.2) is 48.5 Å². The molecule has 0 aromatic heterocycles. The second-order valence-electron chi connectivity index (χ2n) is 7.15. The van der Waals surface area contributed by atoms with E-state index < -0.39 is 0 Å². The molecule has 29 heavy (non-hydrogen) atoms. The van der Waals surface area contributed by atoms with E-state index in [9.17, 15) is 14.0 Å². The van der Waals surface area contributed by atoms with Crippen LogP contribution in [0.4, 0.5) is 20.6 Å². The van der Waals surface area contributed by atoms with Gasteiger partial charge in [0.15, 0.2) is 0 Å². The van der Waals surface area contributed by atoms with Crippen LogP contribution >= 0.6 is 11.6 Å². The molecule has 2 saturated heterocycles. The Labute approximate surface area is 174 Å². The van der Waals surface area contributed by atoms with Crippen LogP contribution in [0.2, 0.25) is 5.02 Å². The summed E-state index contributed by atoms with van der Waals surface area (Å²) in [4.78, 5) is 32.4. The fraction of sp³-hybridized carbons (Fsp3) is 0.333. The maximum atomic E-state index is 13.1. The van der Waals surface area contributed by atoms with Crippen molar-refractivity contribution < 1.29 is 14.0 Å². The Morgan fingerprint density at radius 2 is 1.62 bits per heavy atom. The summed E-state index contributed by atoms with van der Waals surface area (Å²) >= 11 is 6.27. The van der Waals surface area contributed by atoms with Gasteiger partial charge < -0.3 is 14.7 Å². The number of rotatable bonds is 4. The van der Waals surface area contributed by atoms with E-state index in [1.165, 1.54) is 12.1 Å². The highest BCUT2D eigenvalue weighted by atomic mass is 35.5. The summed E-state index contributed by atoms with van der Waals surface area (Å²) in [5, 5.41) is 0.704. The van der Waals surface area contributed by atoms with Gasteiger partial charge in [0.2, 0.25) is 5.91 Å². The van der Waals surface area contributed by atoms with E-state index in [-0.39, 0.29) is 24.3 Å². The number of hydrogen-bond acceptors (Lipinski definition) is 3. The Balaban J connectivity index is 1.32. The van der Waals surface area contributed by atoms with Gasteiger partial charge in [-0.25, -0.2) is 9.18 Å². The van der Waals surface area contributed by atoms with Crippen molar-refractivity contribution in [3.8, 4) is 0 Å². The molecule has 0 aliphatic carbocycles. The molecule has 2 fully saturated rings. The van der Waals surface area contributed by atoms with Gasteiger partial charge in [0.25, 0.3) is 0 Å². The number of urea groups is 1. The zero-order valence-electron chi connectivity index (χ0n) is 15.9. The first-order valence-electron chi connectivity index (χ1n) is 9.62. The van der Waals surface area contributed by atoms with Crippen LogP contribution in [-0.2, 0) is 4.79 Å². The van der Waals surface area contributed by atoms with Crippen molar-refractivity contribution in [3.05, 3.63) is 59.4 Å². The van der Waals surface area contributed by atoms with Gasteiger partial charge in [0.05, 0.1) is 10.7 Å². The first-order chi connectivity index (χ1) is 14.0. The molecule has 0 radical (unpaired) electrons. The van der Waals surface area contributed by atoms with E-state index in [1.54, 1.807) is 26.8 Å². The fourth-order valence-corrected chi connectivity index (χ4v) is 4.01. The van der Waals surface area contributed by atoms with Crippen LogP contribution in [0.5, 0.6) is 0 Å². The number of para-hydroxylation sites is 1. The molecule has 0 N–H and O–H groups in total. The molecule has 152 valence electrons. The Hall–Kier alpha value is -2.80. The number of benzene rings is 2. The van der Waals surface area contributed by atoms with Crippen LogP contribution < -0.4 is 9.80 Å². The minimum absolute atomic E-state index is 0.0573. The molecule has 2 aromatic rings. The lowest BCUT2D eigenvalue weighted by Gasteiger charge is -2.37. The van der Waals surface area contributed by atoms with Crippen molar-refractivity contribution in [1.29, 1.82) is 0 Å². The highest BCUT2D eigenvalue weighted by Gasteiger charge is 2.32. The summed E-state index contributed by atoms with van der Waals surface area (Å²) in [5.74, 6) is -0.401. The molecule has 2 heterocycles. The van der Waals surface area contributed by atoms with E-state index in [4.69, 9.17) is 11.6 Å². The third-order valence-electron chi connectivity index (χ3n) is 5.38. The number of carbonyl (C=O) groups is 2. The number of amides is 3. The average Bonchev–Trinajstić information content (AvgIpc) is 3.09. The SMILES string of the molecule is O=C(CN1CCN(c2ccc(F)cc2)C1=O)N1CCN(c2ccccc2Cl)CC1. The number of halogens is 2. The molecular formula is C21H22ClFN4O2. The van der Waals surface area contributed by atoms with E-state index in [2.05, 4.69) is 4.90 Å². The Bertz CT molecular complexity index is 900. The van der Waals surface area contributed by atoms with Crippen molar-refractivity contribution in [2.75, 3.05) is 55.6 Å². The lowest BCUT2D eigenvalue weighted by atomic mass is 10.2. The average molecular weight is 417 g/mol. The smallest absolute Gasteiger partial charge is 0.325 e. The highest BCUT2D eigenvalue weighted by molar-refractivity contribution is 6.33.